The van der Waals surface area contributed by atoms with Gasteiger partial charge in [0, 0.05) is 12.7 Å². The third-order valence-electron chi connectivity index (χ3n) is 4.76. The molecule has 1 fully saturated rings. The van der Waals surface area contributed by atoms with Crippen LogP contribution in [0.2, 0.25) is 0 Å². The lowest BCUT2D eigenvalue weighted by Crippen LogP contribution is -2.55. The maximum Gasteiger partial charge on any atom is 0.410 e. The number of hydrogen-bond acceptors (Lipinski definition) is 6. The Morgan fingerprint density at radius 1 is 1.27 bits per heavy atom. The number of nitrogens with zero attached hydrogens (tertiary/aromatic N) is 3. The van der Waals surface area contributed by atoms with Crippen LogP contribution in [-0.4, -0.2) is 64.8 Å². The molecule has 0 aromatic carbocycles. The number of aromatic nitrogens is 2. The van der Waals surface area contributed by atoms with Crippen LogP contribution in [0.25, 0.3) is 5.52 Å². The molecule has 2 aromatic rings. The summed E-state index contributed by atoms with van der Waals surface area (Å²) in [6.45, 7) is 9.94. The second kappa shape index (κ2) is 8.14. The number of rotatable bonds is 4. The Hall–Kier alpha value is -2.81. The van der Waals surface area contributed by atoms with E-state index in [1.165, 1.54) is 4.90 Å². The first-order chi connectivity index (χ1) is 14.0. The lowest BCUT2D eigenvalue weighted by molar-refractivity contribution is -0.139. The number of ether oxygens (including phenoxy) is 3. The van der Waals surface area contributed by atoms with E-state index in [2.05, 4.69) is 10.3 Å². The average Bonchev–Trinajstić information content (AvgIpc) is 3.11. The van der Waals surface area contributed by atoms with Crippen molar-refractivity contribution >= 4 is 17.5 Å². The number of hydrogen-bond donors (Lipinski definition) is 1. The van der Waals surface area contributed by atoms with E-state index in [9.17, 15) is 9.59 Å². The Morgan fingerprint density at radius 2 is 2.00 bits per heavy atom. The van der Waals surface area contributed by atoms with Gasteiger partial charge in [0.1, 0.15) is 22.7 Å². The molecule has 0 aliphatic carbocycles. The van der Waals surface area contributed by atoms with Crippen LogP contribution >= 0.6 is 0 Å². The summed E-state index contributed by atoms with van der Waals surface area (Å²) >= 11 is 0. The summed E-state index contributed by atoms with van der Waals surface area (Å²) in [5.41, 5.74) is -0.576. The van der Waals surface area contributed by atoms with Crippen molar-refractivity contribution in [3.8, 4) is 5.75 Å². The number of methoxy groups -OCH3 is 1. The van der Waals surface area contributed by atoms with Crippen molar-refractivity contribution in [2.45, 2.75) is 51.9 Å². The van der Waals surface area contributed by atoms with E-state index in [1.54, 1.807) is 13.3 Å². The maximum atomic E-state index is 12.9. The molecule has 1 saturated heterocycles. The molecule has 1 aliphatic rings. The summed E-state index contributed by atoms with van der Waals surface area (Å²) in [6.07, 6.45) is 2.35. The molecule has 1 aliphatic heterocycles. The van der Waals surface area contributed by atoms with Crippen molar-refractivity contribution in [1.29, 1.82) is 0 Å². The number of carbonyl (C=O) groups excluding carboxylic acids is 2. The monoisotopic (exact) mass is 418 g/mol. The zero-order valence-corrected chi connectivity index (χ0v) is 18.4. The molecule has 9 heteroatoms. The summed E-state index contributed by atoms with van der Waals surface area (Å²) in [5, 5.41) is 3.00. The van der Waals surface area contributed by atoms with Gasteiger partial charge >= 0.3 is 6.09 Å². The highest BCUT2D eigenvalue weighted by atomic mass is 16.6. The van der Waals surface area contributed by atoms with Crippen molar-refractivity contribution in [2.24, 2.45) is 0 Å². The van der Waals surface area contributed by atoms with Crippen molar-refractivity contribution in [1.82, 2.24) is 19.6 Å². The normalized spacial score (nSPS) is 17.7. The van der Waals surface area contributed by atoms with Crippen LogP contribution in [0.1, 0.15) is 40.4 Å². The number of amides is 2. The molecule has 1 N–H and O–H groups in total. The van der Waals surface area contributed by atoms with Gasteiger partial charge in [-0.05, 0) is 46.8 Å². The number of fused-ring (bicyclic) bond motifs is 1. The molecule has 0 spiro atoms. The molecule has 30 heavy (non-hydrogen) atoms. The molecule has 164 valence electrons. The van der Waals surface area contributed by atoms with Crippen LogP contribution in [0.4, 0.5) is 4.79 Å². The van der Waals surface area contributed by atoms with Crippen LogP contribution < -0.4 is 10.1 Å². The van der Waals surface area contributed by atoms with Gasteiger partial charge < -0.3 is 24.4 Å². The van der Waals surface area contributed by atoms with Gasteiger partial charge in [-0.25, -0.2) is 9.78 Å². The fourth-order valence-electron chi connectivity index (χ4n) is 3.38. The second-order valence-electron chi connectivity index (χ2n) is 8.81. The topological polar surface area (TPSA) is 94.4 Å². The number of morpholine rings is 1. The Kier molecular flexibility index (Phi) is 5.94. The summed E-state index contributed by atoms with van der Waals surface area (Å²) in [4.78, 5) is 31.3. The lowest BCUT2D eigenvalue weighted by Gasteiger charge is -2.35. The summed E-state index contributed by atoms with van der Waals surface area (Å²) in [6, 6.07) is 3.71. The molecule has 0 radical (unpaired) electrons. The van der Waals surface area contributed by atoms with Gasteiger partial charge in [-0.1, -0.05) is 0 Å². The fraction of sp³-hybridized carbons (Fsp3) is 0.571. The number of pyridine rings is 1. The molecular weight excluding hydrogens is 388 g/mol. The van der Waals surface area contributed by atoms with Gasteiger partial charge in [0.15, 0.2) is 6.10 Å². The Balaban J connectivity index is 1.72. The molecule has 0 saturated carbocycles. The molecule has 0 unspecified atom stereocenters. The summed E-state index contributed by atoms with van der Waals surface area (Å²) < 4.78 is 18.3. The number of imidazole rings is 1. The van der Waals surface area contributed by atoms with E-state index >= 15 is 0 Å². The first kappa shape index (κ1) is 21.9. The van der Waals surface area contributed by atoms with Crippen LogP contribution in [0, 0.1) is 0 Å². The molecular formula is C21H30N4O5. The van der Waals surface area contributed by atoms with Gasteiger partial charge in [-0.3, -0.25) is 9.20 Å². The second-order valence-corrected chi connectivity index (χ2v) is 8.81. The number of carbonyl (C=O) groups is 2. The smallest absolute Gasteiger partial charge is 0.410 e. The van der Waals surface area contributed by atoms with E-state index in [4.69, 9.17) is 14.2 Å². The largest absolute Gasteiger partial charge is 0.494 e. The van der Waals surface area contributed by atoms with Crippen LogP contribution in [-0.2, 0) is 19.8 Å². The summed E-state index contributed by atoms with van der Waals surface area (Å²) in [7, 11) is 1.60. The Labute approximate surface area is 176 Å². The Morgan fingerprint density at radius 3 is 2.67 bits per heavy atom. The first-order valence-corrected chi connectivity index (χ1v) is 9.94. The van der Waals surface area contributed by atoms with Gasteiger partial charge in [0.05, 0.1) is 32.0 Å². The minimum atomic E-state index is -0.786. The third kappa shape index (κ3) is 4.67. The van der Waals surface area contributed by atoms with Crippen molar-refractivity contribution in [3.05, 3.63) is 30.4 Å². The van der Waals surface area contributed by atoms with Crippen LogP contribution in [0.15, 0.2) is 24.5 Å². The Bertz CT molecular complexity index is 931. The minimum Gasteiger partial charge on any atom is -0.494 e. The quantitative estimate of drug-likeness (QED) is 0.819. The maximum absolute atomic E-state index is 12.9. The van der Waals surface area contributed by atoms with Crippen LogP contribution in [0.3, 0.4) is 0 Å². The number of nitrogens with one attached hydrogen (secondary N) is 1. The van der Waals surface area contributed by atoms with Gasteiger partial charge in [-0.2, -0.15) is 0 Å². The predicted octanol–water partition coefficient (Wildman–Crippen LogP) is 2.33. The molecule has 3 heterocycles. The zero-order chi connectivity index (χ0) is 22.1. The SMILES string of the molecule is COc1cccn2c(C(C)(C)NC(=O)[C@@H]3CN(C(=O)OC(C)(C)C)CCO3)ncc12. The average molecular weight is 418 g/mol. The van der Waals surface area contributed by atoms with E-state index < -0.39 is 23.3 Å². The van der Waals surface area contributed by atoms with Gasteiger partial charge in [0.2, 0.25) is 0 Å². The summed E-state index contributed by atoms with van der Waals surface area (Å²) in [5.74, 6) is 1.04. The lowest BCUT2D eigenvalue weighted by atomic mass is 10.0. The minimum absolute atomic E-state index is 0.132. The molecule has 2 aromatic heterocycles. The third-order valence-corrected chi connectivity index (χ3v) is 4.76. The van der Waals surface area contributed by atoms with Crippen LogP contribution in [0.5, 0.6) is 5.75 Å². The molecule has 9 nitrogen and oxygen atoms in total. The molecule has 0 bridgehead atoms. The van der Waals surface area contributed by atoms with Gasteiger partial charge in [-0.15, -0.1) is 0 Å². The van der Waals surface area contributed by atoms with E-state index in [1.807, 2.05) is 57.3 Å². The van der Waals surface area contributed by atoms with Crippen molar-refractivity contribution in [2.75, 3.05) is 26.8 Å². The fourth-order valence-corrected chi connectivity index (χ4v) is 3.38. The molecule has 1 atom stereocenters. The highest BCUT2D eigenvalue weighted by Crippen LogP contribution is 2.26. The van der Waals surface area contributed by atoms with Crippen molar-refractivity contribution < 1.29 is 23.8 Å². The highest BCUT2D eigenvalue weighted by molar-refractivity contribution is 5.83. The van der Waals surface area contributed by atoms with Crippen molar-refractivity contribution in [3.63, 3.8) is 0 Å². The van der Waals surface area contributed by atoms with E-state index in [-0.39, 0.29) is 19.1 Å². The van der Waals surface area contributed by atoms with Gasteiger partial charge in [0.25, 0.3) is 5.91 Å². The van der Waals surface area contributed by atoms with E-state index in [0.717, 1.165) is 5.52 Å². The standard InChI is InChI=1S/C21H30N4O5/c1-20(2,3)30-19(27)24-10-11-29-16(13-24)17(26)23-21(4,5)18-22-12-14-15(28-6)8-7-9-25(14)18/h7-9,12,16H,10-11,13H2,1-6H3,(H,23,26)/t16-/m0/s1. The molecule has 2 amide bonds. The molecule has 3 rings (SSSR count). The van der Waals surface area contributed by atoms with E-state index in [0.29, 0.717) is 18.1 Å². The first-order valence-electron chi connectivity index (χ1n) is 9.94. The highest BCUT2D eigenvalue weighted by Gasteiger charge is 2.35. The predicted molar refractivity (Wildman–Crippen MR) is 110 cm³/mol. The zero-order valence-electron chi connectivity index (χ0n) is 18.4.